The van der Waals surface area contributed by atoms with Gasteiger partial charge in [0.05, 0.1) is 5.29 Å². The predicted molar refractivity (Wildman–Crippen MR) is 53.5 cm³/mol. The van der Waals surface area contributed by atoms with E-state index in [0.29, 0.717) is 13.1 Å². The molecule has 1 aromatic rings. The fraction of sp³-hybridized carbons (Fsp3) is 0.333. The quantitative estimate of drug-likeness (QED) is 0.357. The van der Waals surface area contributed by atoms with Crippen LogP contribution in [0.4, 0.5) is 0 Å². The van der Waals surface area contributed by atoms with E-state index in [2.05, 4.69) is 5.29 Å². The molecular formula is C9H12N3NaO2. The zero-order valence-electron chi connectivity index (χ0n) is 8.96. The maximum Gasteiger partial charge on any atom is 1.00 e. The van der Waals surface area contributed by atoms with Crippen molar-refractivity contribution < 1.29 is 29.6 Å². The van der Waals surface area contributed by atoms with Gasteiger partial charge in [-0.1, -0.05) is 37.3 Å². The third-order valence-corrected chi connectivity index (χ3v) is 1.88. The van der Waals surface area contributed by atoms with Crippen LogP contribution in [-0.2, 0) is 6.54 Å². The third-order valence-electron chi connectivity index (χ3n) is 1.88. The normalized spacial score (nSPS) is 9.53. The topological polar surface area (TPSA) is 59.0 Å². The Morgan fingerprint density at radius 2 is 1.93 bits per heavy atom. The van der Waals surface area contributed by atoms with Gasteiger partial charge in [0, 0.05) is 13.1 Å². The summed E-state index contributed by atoms with van der Waals surface area (Å²) in [4.78, 5) is 10.0. The molecule has 0 aliphatic rings. The molecular weight excluding hydrogens is 205 g/mol. The summed E-state index contributed by atoms with van der Waals surface area (Å²) >= 11 is 0. The average Bonchev–Trinajstić information content (AvgIpc) is 2.26. The molecule has 6 heteroatoms. The van der Waals surface area contributed by atoms with Gasteiger partial charge in [0.1, 0.15) is 0 Å². The van der Waals surface area contributed by atoms with E-state index in [1.807, 2.05) is 30.3 Å². The first-order valence-corrected chi connectivity index (χ1v) is 4.37. The van der Waals surface area contributed by atoms with Crippen molar-refractivity contribution in [3.63, 3.8) is 0 Å². The molecule has 1 aromatic carbocycles. The standard InChI is InChI=1S/C9H12N3O2.Na/c1-2-11(12(14)10-13)8-9-6-4-3-5-7-9;/h3-7H,2,8H2,1H3;/q-1;+1. The van der Waals surface area contributed by atoms with Gasteiger partial charge >= 0.3 is 29.6 Å². The van der Waals surface area contributed by atoms with Gasteiger partial charge in [-0.3, -0.25) is 5.28 Å². The van der Waals surface area contributed by atoms with Crippen LogP contribution in [0, 0.1) is 10.1 Å². The van der Waals surface area contributed by atoms with Gasteiger partial charge in [0.25, 0.3) is 0 Å². The third kappa shape index (κ3) is 4.72. The van der Waals surface area contributed by atoms with Crippen LogP contribution in [-0.4, -0.2) is 16.8 Å². The SMILES string of the molecule is CCN(Cc1ccccc1)N([O-])N=O.[Na+]. The number of nitroso groups, excluding NO2 is 1. The first kappa shape index (κ1) is 14.5. The summed E-state index contributed by atoms with van der Waals surface area (Å²) in [7, 11) is 0. The maximum atomic E-state index is 10.9. The number of hydrogen-bond donors (Lipinski definition) is 0. The minimum atomic E-state index is 0. The maximum absolute atomic E-state index is 10.9. The van der Waals surface area contributed by atoms with Crippen molar-refractivity contribution in [3.05, 3.63) is 46.0 Å². The van der Waals surface area contributed by atoms with Gasteiger partial charge in [-0.05, 0) is 5.56 Å². The second-order valence-corrected chi connectivity index (χ2v) is 2.80. The van der Waals surface area contributed by atoms with Crippen LogP contribution in [0.25, 0.3) is 0 Å². The summed E-state index contributed by atoms with van der Waals surface area (Å²) in [5, 5.41) is 14.6. The summed E-state index contributed by atoms with van der Waals surface area (Å²) < 4.78 is 0. The number of benzene rings is 1. The van der Waals surface area contributed by atoms with Crippen molar-refractivity contribution >= 4 is 0 Å². The van der Waals surface area contributed by atoms with Crippen molar-refractivity contribution in [1.29, 1.82) is 0 Å². The second kappa shape index (κ2) is 7.78. The fourth-order valence-corrected chi connectivity index (χ4v) is 1.14. The van der Waals surface area contributed by atoms with Gasteiger partial charge in [0.15, 0.2) is 0 Å². The van der Waals surface area contributed by atoms with E-state index in [-0.39, 0.29) is 34.8 Å². The Morgan fingerprint density at radius 3 is 2.40 bits per heavy atom. The molecule has 76 valence electrons. The number of hydrogen-bond acceptors (Lipinski definition) is 4. The van der Waals surface area contributed by atoms with E-state index >= 15 is 0 Å². The van der Waals surface area contributed by atoms with Crippen molar-refractivity contribution in [2.45, 2.75) is 13.5 Å². The Morgan fingerprint density at radius 1 is 1.33 bits per heavy atom. The van der Waals surface area contributed by atoms with Crippen LogP contribution in [0.2, 0.25) is 0 Å². The first-order valence-electron chi connectivity index (χ1n) is 4.37. The smallest absolute Gasteiger partial charge is 0.724 e. The van der Waals surface area contributed by atoms with Gasteiger partial charge in [-0.15, -0.1) is 4.91 Å². The summed E-state index contributed by atoms with van der Waals surface area (Å²) in [6.07, 6.45) is 0. The molecule has 0 spiro atoms. The Labute approximate surface area is 111 Å². The van der Waals surface area contributed by atoms with Crippen molar-refractivity contribution in [3.8, 4) is 0 Å². The minimum Gasteiger partial charge on any atom is -0.724 e. The van der Waals surface area contributed by atoms with Gasteiger partial charge in [-0.25, -0.2) is 5.01 Å². The molecule has 5 nitrogen and oxygen atoms in total. The Hall–Kier alpha value is -0.460. The zero-order chi connectivity index (χ0) is 10.4. The van der Waals surface area contributed by atoms with Crippen LogP contribution in [0.15, 0.2) is 35.6 Å². The monoisotopic (exact) mass is 217 g/mol. The number of rotatable bonds is 5. The molecule has 0 amide bonds. The van der Waals surface area contributed by atoms with Crippen molar-refractivity contribution in [1.82, 2.24) is 10.3 Å². The molecule has 0 aliphatic heterocycles. The van der Waals surface area contributed by atoms with E-state index < -0.39 is 0 Å². The van der Waals surface area contributed by atoms with E-state index in [0.717, 1.165) is 5.56 Å². The minimum absolute atomic E-state index is 0. The summed E-state index contributed by atoms with van der Waals surface area (Å²) in [5.74, 6) is 0. The molecule has 0 saturated carbocycles. The number of hydrazine groups is 1. The van der Waals surface area contributed by atoms with E-state index in [4.69, 9.17) is 0 Å². The molecule has 0 aromatic heterocycles. The van der Waals surface area contributed by atoms with E-state index in [9.17, 15) is 10.1 Å². The Bertz CT molecular complexity index is 284. The molecule has 0 unspecified atom stereocenters. The predicted octanol–water partition coefficient (Wildman–Crippen LogP) is -1.09. The molecule has 0 atom stereocenters. The van der Waals surface area contributed by atoms with Crippen LogP contribution in [0.3, 0.4) is 0 Å². The average molecular weight is 217 g/mol. The molecule has 1 rings (SSSR count). The Kier molecular flexibility index (Phi) is 7.54. The molecule has 0 fully saturated rings. The van der Waals surface area contributed by atoms with Crippen LogP contribution < -0.4 is 29.6 Å². The fourth-order valence-electron chi connectivity index (χ4n) is 1.14. The van der Waals surface area contributed by atoms with Crippen molar-refractivity contribution in [2.75, 3.05) is 6.54 Å². The summed E-state index contributed by atoms with van der Waals surface area (Å²) in [5.41, 5.74) is 0.971. The molecule has 0 bridgehead atoms. The van der Waals surface area contributed by atoms with Crippen LogP contribution >= 0.6 is 0 Å². The first-order chi connectivity index (χ1) is 6.77. The van der Waals surface area contributed by atoms with E-state index in [1.54, 1.807) is 6.92 Å². The van der Waals surface area contributed by atoms with Gasteiger partial charge in [-0.2, -0.15) is 0 Å². The summed E-state index contributed by atoms with van der Waals surface area (Å²) in [6, 6.07) is 9.44. The van der Waals surface area contributed by atoms with Crippen molar-refractivity contribution in [2.24, 2.45) is 5.29 Å². The Balaban J connectivity index is 0.00000196. The molecule has 0 saturated heterocycles. The zero-order valence-corrected chi connectivity index (χ0v) is 11.0. The molecule has 15 heavy (non-hydrogen) atoms. The van der Waals surface area contributed by atoms with Gasteiger partial charge < -0.3 is 5.21 Å². The van der Waals surface area contributed by atoms with Crippen LogP contribution in [0.5, 0.6) is 0 Å². The molecule has 0 heterocycles. The van der Waals surface area contributed by atoms with Crippen LogP contribution in [0.1, 0.15) is 12.5 Å². The van der Waals surface area contributed by atoms with E-state index in [1.165, 1.54) is 5.01 Å². The number of nitrogens with zero attached hydrogens (tertiary/aromatic N) is 3. The molecule has 0 N–H and O–H groups in total. The molecule has 0 aliphatic carbocycles. The second-order valence-electron chi connectivity index (χ2n) is 2.80. The molecule has 0 radical (unpaired) electrons. The largest absolute Gasteiger partial charge is 1.00 e. The van der Waals surface area contributed by atoms with Gasteiger partial charge in [0.2, 0.25) is 0 Å². The summed E-state index contributed by atoms with van der Waals surface area (Å²) in [6.45, 7) is 2.63.